The van der Waals surface area contributed by atoms with Gasteiger partial charge in [0.05, 0.1) is 14.2 Å². The van der Waals surface area contributed by atoms with Crippen LogP contribution >= 0.6 is 24.0 Å². The number of benzene rings is 1. The molecule has 22 heavy (non-hydrogen) atoms. The average Bonchev–Trinajstić information content (AvgIpc) is 2.66. The number of nitrogens with zero attached hydrogens (tertiary/aromatic N) is 2. The van der Waals surface area contributed by atoms with Crippen LogP contribution in [-0.2, 0) is 0 Å². The number of rotatable bonds is 4. The van der Waals surface area contributed by atoms with Gasteiger partial charge in [0, 0.05) is 12.6 Å². The zero-order valence-corrected chi connectivity index (χ0v) is 15.0. The standard InChI is InChI=1S/C15H20N2O3S2/c1-15(2)13(16(3)14(21)22-15)17(18)9-10-6-7-11(19-4)12(8-10)20-5/h6-9,13H,1-5H3/b17-9-. The third-order valence-corrected chi connectivity index (χ3v) is 5.29. The van der Waals surface area contributed by atoms with E-state index in [0.717, 1.165) is 14.6 Å². The van der Waals surface area contributed by atoms with Crippen molar-refractivity contribution in [1.29, 1.82) is 0 Å². The molecule has 1 atom stereocenters. The first-order valence-corrected chi connectivity index (χ1v) is 8.01. The van der Waals surface area contributed by atoms with E-state index < -0.39 is 0 Å². The number of hydrogen-bond acceptors (Lipinski definition) is 5. The molecule has 1 unspecified atom stereocenters. The van der Waals surface area contributed by atoms with Crippen LogP contribution in [0.5, 0.6) is 11.5 Å². The second-order valence-electron chi connectivity index (χ2n) is 5.56. The van der Waals surface area contributed by atoms with Crippen molar-refractivity contribution in [3.8, 4) is 11.5 Å². The van der Waals surface area contributed by atoms with Crippen LogP contribution in [0, 0.1) is 5.21 Å². The molecule has 1 heterocycles. The monoisotopic (exact) mass is 340 g/mol. The van der Waals surface area contributed by atoms with Crippen LogP contribution in [0.4, 0.5) is 0 Å². The molecule has 1 aliphatic heterocycles. The first kappa shape index (κ1) is 16.9. The third-order valence-electron chi connectivity index (χ3n) is 3.55. The van der Waals surface area contributed by atoms with Crippen LogP contribution in [0.15, 0.2) is 18.2 Å². The van der Waals surface area contributed by atoms with Crippen LogP contribution in [0.25, 0.3) is 0 Å². The lowest BCUT2D eigenvalue weighted by molar-refractivity contribution is -0.522. The Morgan fingerprint density at radius 1 is 1.32 bits per heavy atom. The molecule has 5 nitrogen and oxygen atoms in total. The van der Waals surface area contributed by atoms with Crippen molar-refractivity contribution in [2.24, 2.45) is 0 Å². The molecular weight excluding hydrogens is 320 g/mol. The van der Waals surface area contributed by atoms with E-state index in [1.807, 2.05) is 31.9 Å². The van der Waals surface area contributed by atoms with Crippen molar-refractivity contribution in [2.75, 3.05) is 21.3 Å². The fourth-order valence-electron chi connectivity index (χ4n) is 2.54. The largest absolute Gasteiger partial charge is 0.622 e. The predicted octanol–water partition coefficient (Wildman–Crippen LogP) is 2.70. The summed E-state index contributed by atoms with van der Waals surface area (Å²) in [4.78, 5) is 1.84. The molecule has 1 saturated heterocycles. The number of ether oxygens (including phenoxy) is 2. The Balaban J connectivity index is 2.34. The Kier molecular flexibility index (Phi) is 4.87. The van der Waals surface area contributed by atoms with Gasteiger partial charge in [-0.1, -0.05) is 24.0 Å². The summed E-state index contributed by atoms with van der Waals surface area (Å²) < 4.78 is 11.9. The van der Waals surface area contributed by atoms with Gasteiger partial charge >= 0.3 is 0 Å². The maximum Gasteiger partial charge on any atom is 0.254 e. The fraction of sp³-hybridized carbons (Fsp3) is 0.467. The van der Waals surface area contributed by atoms with Gasteiger partial charge in [-0.3, -0.25) is 0 Å². The number of hydroxylamine groups is 1. The van der Waals surface area contributed by atoms with Crippen molar-refractivity contribution in [2.45, 2.75) is 24.8 Å². The van der Waals surface area contributed by atoms with Gasteiger partial charge in [0.2, 0.25) is 0 Å². The maximum absolute atomic E-state index is 12.6. The molecule has 0 aromatic heterocycles. The van der Waals surface area contributed by atoms with E-state index in [9.17, 15) is 5.21 Å². The molecule has 2 rings (SSSR count). The van der Waals surface area contributed by atoms with Crippen molar-refractivity contribution in [3.05, 3.63) is 29.0 Å². The maximum atomic E-state index is 12.6. The predicted molar refractivity (Wildman–Crippen MR) is 94.2 cm³/mol. The third kappa shape index (κ3) is 3.15. The Labute approximate surface area is 140 Å². The molecule has 0 saturated carbocycles. The van der Waals surface area contributed by atoms with Crippen LogP contribution in [0.1, 0.15) is 19.4 Å². The summed E-state index contributed by atoms with van der Waals surface area (Å²) in [5, 5.41) is 12.6. The van der Waals surface area contributed by atoms with Crippen molar-refractivity contribution in [1.82, 2.24) is 4.90 Å². The van der Waals surface area contributed by atoms with E-state index >= 15 is 0 Å². The SMILES string of the molecule is COc1ccc(/C=[N+](\[O-])C2N(C)C(=S)SC2(C)C)cc1OC. The lowest BCUT2D eigenvalue weighted by Gasteiger charge is -2.27. The Bertz CT molecular complexity index is 617. The van der Waals surface area contributed by atoms with E-state index in [1.165, 1.54) is 0 Å². The molecule has 1 fully saturated rings. The molecule has 0 spiro atoms. The molecule has 0 aliphatic carbocycles. The minimum atomic E-state index is -0.349. The molecule has 0 amide bonds. The van der Waals surface area contributed by atoms with E-state index in [0.29, 0.717) is 11.5 Å². The Hall–Kier alpha value is -1.47. The van der Waals surface area contributed by atoms with Crippen molar-refractivity contribution < 1.29 is 14.2 Å². The van der Waals surface area contributed by atoms with E-state index in [-0.39, 0.29) is 10.9 Å². The van der Waals surface area contributed by atoms with Crippen LogP contribution in [0.2, 0.25) is 0 Å². The zero-order chi connectivity index (χ0) is 16.5. The molecule has 0 radical (unpaired) electrons. The Morgan fingerprint density at radius 2 is 1.95 bits per heavy atom. The highest BCUT2D eigenvalue weighted by molar-refractivity contribution is 8.24. The van der Waals surface area contributed by atoms with Crippen LogP contribution in [-0.4, -0.2) is 52.4 Å². The number of hydrogen-bond donors (Lipinski definition) is 0. The topological polar surface area (TPSA) is 47.8 Å². The van der Waals surface area contributed by atoms with Gasteiger partial charge in [0.15, 0.2) is 17.7 Å². The van der Waals surface area contributed by atoms with Gasteiger partial charge in [0.1, 0.15) is 9.07 Å². The second kappa shape index (κ2) is 6.34. The van der Waals surface area contributed by atoms with Gasteiger partial charge in [-0.2, -0.15) is 4.74 Å². The molecule has 1 aliphatic rings. The molecule has 1 aromatic rings. The smallest absolute Gasteiger partial charge is 0.254 e. The average molecular weight is 340 g/mol. The molecule has 7 heteroatoms. The van der Waals surface area contributed by atoms with E-state index in [2.05, 4.69) is 0 Å². The van der Waals surface area contributed by atoms with Gasteiger partial charge in [0.25, 0.3) is 6.17 Å². The second-order valence-corrected chi connectivity index (χ2v) is 7.85. The highest BCUT2D eigenvalue weighted by Crippen LogP contribution is 2.40. The minimum absolute atomic E-state index is 0.277. The number of thioether (sulfide) groups is 1. The summed E-state index contributed by atoms with van der Waals surface area (Å²) in [6, 6.07) is 5.37. The normalized spacial score (nSPS) is 21.1. The molecule has 1 aromatic carbocycles. The van der Waals surface area contributed by atoms with Crippen LogP contribution < -0.4 is 9.47 Å². The molecule has 0 N–H and O–H groups in total. The lowest BCUT2D eigenvalue weighted by Crippen LogP contribution is -2.46. The molecular formula is C15H20N2O3S2. The summed E-state index contributed by atoms with van der Waals surface area (Å²) in [6.07, 6.45) is 1.21. The van der Waals surface area contributed by atoms with E-state index in [4.69, 9.17) is 21.7 Å². The first-order valence-electron chi connectivity index (χ1n) is 6.78. The van der Waals surface area contributed by atoms with Crippen molar-refractivity contribution in [3.63, 3.8) is 0 Å². The fourth-order valence-corrected chi connectivity index (χ4v) is 4.35. The zero-order valence-electron chi connectivity index (χ0n) is 13.3. The van der Waals surface area contributed by atoms with Crippen LogP contribution in [0.3, 0.4) is 0 Å². The summed E-state index contributed by atoms with van der Waals surface area (Å²) in [5.74, 6) is 1.22. The first-order chi connectivity index (χ1) is 10.3. The van der Waals surface area contributed by atoms with Crippen molar-refractivity contribution >= 4 is 34.5 Å². The molecule has 0 bridgehead atoms. The lowest BCUT2D eigenvalue weighted by atomic mass is 10.1. The van der Waals surface area contributed by atoms with Gasteiger partial charge in [-0.15, -0.1) is 0 Å². The van der Waals surface area contributed by atoms with Gasteiger partial charge < -0.3 is 19.6 Å². The summed E-state index contributed by atoms with van der Waals surface area (Å²) in [6.45, 7) is 4.04. The summed E-state index contributed by atoms with van der Waals surface area (Å²) >= 11 is 6.84. The van der Waals surface area contributed by atoms with E-state index in [1.54, 1.807) is 44.3 Å². The van der Waals surface area contributed by atoms with Gasteiger partial charge in [-0.05, 0) is 32.0 Å². The highest BCUT2D eigenvalue weighted by Gasteiger charge is 2.48. The summed E-state index contributed by atoms with van der Waals surface area (Å²) in [5.41, 5.74) is 0.750. The number of thiocarbonyl (C=S) groups is 1. The highest BCUT2D eigenvalue weighted by atomic mass is 32.2. The van der Waals surface area contributed by atoms with Gasteiger partial charge in [-0.25, -0.2) is 0 Å². The Morgan fingerprint density at radius 3 is 2.45 bits per heavy atom. The molecule has 120 valence electrons. The minimum Gasteiger partial charge on any atom is -0.622 e. The quantitative estimate of drug-likeness (QED) is 0.276. The summed E-state index contributed by atoms with van der Waals surface area (Å²) in [7, 11) is 5.00. The number of methoxy groups -OCH3 is 2.